The van der Waals surface area contributed by atoms with Crippen LogP contribution in [0.15, 0.2) is 42.5 Å². The van der Waals surface area contributed by atoms with Crippen LogP contribution in [-0.2, 0) is 0 Å². The summed E-state index contributed by atoms with van der Waals surface area (Å²) in [5.41, 5.74) is 1.49. The van der Waals surface area contributed by atoms with E-state index in [4.69, 9.17) is 27.9 Å². The number of hydrogen-bond donors (Lipinski definition) is 1. The molecule has 0 spiro atoms. The molecule has 21 heavy (non-hydrogen) atoms. The molecule has 1 N–H and O–H groups in total. The molecule has 0 bridgehead atoms. The van der Waals surface area contributed by atoms with Crippen molar-refractivity contribution < 1.29 is 9.53 Å². The van der Waals surface area contributed by atoms with Gasteiger partial charge in [0.2, 0.25) is 0 Å². The number of benzene rings is 2. The fourth-order valence-electron chi connectivity index (χ4n) is 2.36. The van der Waals surface area contributed by atoms with Crippen molar-refractivity contribution >= 4 is 29.1 Å². The highest BCUT2D eigenvalue weighted by molar-refractivity contribution is 6.31. The van der Waals surface area contributed by atoms with Crippen LogP contribution in [0, 0.1) is 0 Å². The second kappa shape index (κ2) is 5.96. The molecular weight excluding hydrogens is 309 g/mol. The number of carbonyl (C=O) groups is 1. The van der Waals surface area contributed by atoms with E-state index in [0.717, 1.165) is 11.3 Å². The number of nitrogens with one attached hydrogen (secondary N) is 1. The maximum atomic E-state index is 12.3. The van der Waals surface area contributed by atoms with E-state index in [1.54, 1.807) is 30.3 Å². The second-order valence-corrected chi connectivity index (χ2v) is 5.73. The van der Waals surface area contributed by atoms with Crippen molar-refractivity contribution in [3.8, 4) is 5.75 Å². The van der Waals surface area contributed by atoms with Crippen molar-refractivity contribution in [2.24, 2.45) is 0 Å². The van der Waals surface area contributed by atoms with Crippen molar-refractivity contribution in [3.63, 3.8) is 0 Å². The van der Waals surface area contributed by atoms with E-state index >= 15 is 0 Å². The first-order valence-electron chi connectivity index (χ1n) is 6.62. The largest absolute Gasteiger partial charge is 0.493 e. The first-order valence-corrected chi connectivity index (χ1v) is 7.38. The van der Waals surface area contributed by atoms with Crippen molar-refractivity contribution in [2.45, 2.75) is 12.5 Å². The zero-order valence-electron chi connectivity index (χ0n) is 11.1. The second-order valence-electron chi connectivity index (χ2n) is 4.85. The Morgan fingerprint density at radius 3 is 2.57 bits per heavy atom. The smallest absolute Gasteiger partial charge is 0.251 e. The lowest BCUT2D eigenvalue weighted by Gasteiger charge is -2.27. The van der Waals surface area contributed by atoms with Gasteiger partial charge in [0.15, 0.2) is 0 Å². The van der Waals surface area contributed by atoms with Gasteiger partial charge in [0.05, 0.1) is 12.6 Å². The van der Waals surface area contributed by atoms with Crippen LogP contribution in [0.5, 0.6) is 5.75 Å². The number of ether oxygens (including phenoxy) is 1. The fourth-order valence-corrected chi connectivity index (χ4v) is 2.66. The molecule has 1 aliphatic rings. The minimum Gasteiger partial charge on any atom is -0.493 e. The number of hydrogen-bond acceptors (Lipinski definition) is 2. The zero-order valence-corrected chi connectivity index (χ0v) is 12.6. The Hall–Kier alpha value is -1.71. The van der Waals surface area contributed by atoms with Gasteiger partial charge < -0.3 is 10.1 Å². The van der Waals surface area contributed by atoms with Crippen LogP contribution >= 0.6 is 23.2 Å². The molecule has 1 aliphatic heterocycles. The van der Waals surface area contributed by atoms with Crippen LogP contribution in [0.25, 0.3) is 0 Å². The number of fused-ring (bicyclic) bond motifs is 1. The molecule has 0 fully saturated rings. The van der Waals surface area contributed by atoms with Crippen molar-refractivity contribution in [1.82, 2.24) is 5.32 Å². The molecule has 2 aromatic carbocycles. The van der Waals surface area contributed by atoms with Crippen LogP contribution < -0.4 is 10.1 Å². The molecule has 0 saturated carbocycles. The quantitative estimate of drug-likeness (QED) is 0.898. The van der Waals surface area contributed by atoms with Crippen molar-refractivity contribution in [2.75, 3.05) is 6.61 Å². The summed E-state index contributed by atoms with van der Waals surface area (Å²) in [6.45, 7) is 0.570. The van der Waals surface area contributed by atoms with E-state index in [2.05, 4.69) is 5.32 Å². The summed E-state index contributed by atoms with van der Waals surface area (Å²) in [5.74, 6) is 0.636. The summed E-state index contributed by atoms with van der Waals surface area (Å²) >= 11 is 11.9. The number of carbonyl (C=O) groups excluding carboxylic acids is 1. The van der Waals surface area contributed by atoms with E-state index in [-0.39, 0.29) is 11.9 Å². The van der Waals surface area contributed by atoms with Gasteiger partial charge in [-0.2, -0.15) is 0 Å². The molecule has 3 nitrogen and oxygen atoms in total. The lowest BCUT2D eigenvalue weighted by Crippen LogP contribution is -2.32. The Morgan fingerprint density at radius 2 is 1.81 bits per heavy atom. The van der Waals surface area contributed by atoms with E-state index in [0.29, 0.717) is 28.6 Å². The third-order valence-corrected chi connectivity index (χ3v) is 3.91. The molecule has 1 heterocycles. The molecule has 0 radical (unpaired) electrons. The van der Waals surface area contributed by atoms with E-state index in [1.807, 2.05) is 12.1 Å². The number of amides is 1. The predicted octanol–water partition coefficient (Wildman–Crippen LogP) is 4.25. The molecule has 2 aromatic rings. The first kappa shape index (κ1) is 14.2. The summed E-state index contributed by atoms with van der Waals surface area (Å²) in [7, 11) is 0. The number of rotatable bonds is 2. The Kier molecular flexibility index (Phi) is 4.04. The van der Waals surface area contributed by atoms with Gasteiger partial charge in [0, 0.05) is 27.6 Å². The maximum absolute atomic E-state index is 12.3. The summed E-state index contributed by atoms with van der Waals surface area (Å²) in [5, 5.41) is 4.25. The lowest BCUT2D eigenvalue weighted by atomic mass is 10.00. The molecular formula is C16H13Cl2NO2. The first-order chi connectivity index (χ1) is 10.1. The van der Waals surface area contributed by atoms with Crippen LogP contribution in [0.1, 0.15) is 28.4 Å². The van der Waals surface area contributed by atoms with Gasteiger partial charge in [0.1, 0.15) is 5.75 Å². The van der Waals surface area contributed by atoms with Gasteiger partial charge >= 0.3 is 0 Å². The van der Waals surface area contributed by atoms with Crippen LogP contribution in [0.2, 0.25) is 10.0 Å². The predicted molar refractivity (Wildman–Crippen MR) is 83.2 cm³/mol. The van der Waals surface area contributed by atoms with Crippen LogP contribution in [0.3, 0.4) is 0 Å². The Balaban J connectivity index is 1.81. The van der Waals surface area contributed by atoms with Crippen molar-refractivity contribution in [1.29, 1.82) is 0 Å². The molecule has 0 aromatic heterocycles. The molecule has 108 valence electrons. The van der Waals surface area contributed by atoms with Gasteiger partial charge in [-0.15, -0.1) is 0 Å². The normalized spacial score (nSPS) is 16.8. The van der Waals surface area contributed by atoms with Gasteiger partial charge in [-0.3, -0.25) is 4.79 Å². The standard InChI is InChI=1S/C16H13Cl2NO2/c17-11-3-1-10(2-4-11)16(20)19-14-7-8-21-15-6-5-12(18)9-13(14)15/h1-6,9,14H,7-8H2,(H,19,20). The summed E-state index contributed by atoms with van der Waals surface area (Å²) in [6.07, 6.45) is 0.715. The van der Waals surface area contributed by atoms with Crippen LogP contribution in [-0.4, -0.2) is 12.5 Å². The summed E-state index contributed by atoms with van der Waals surface area (Å²) < 4.78 is 5.58. The third-order valence-electron chi connectivity index (χ3n) is 3.42. The average molecular weight is 322 g/mol. The van der Waals surface area contributed by atoms with E-state index in [1.165, 1.54) is 0 Å². The highest BCUT2D eigenvalue weighted by Crippen LogP contribution is 2.34. The van der Waals surface area contributed by atoms with Gasteiger partial charge in [-0.1, -0.05) is 23.2 Å². The highest BCUT2D eigenvalue weighted by Gasteiger charge is 2.23. The zero-order chi connectivity index (χ0) is 14.8. The Morgan fingerprint density at radius 1 is 1.10 bits per heavy atom. The van der Waals surface area contributed by atoms with Gasteiger partial charge in [-0.05, 0) is 42.5 Å². The Bertz CT molecular complexity index is 670. The maximum Gasteiger partial charge on any atom is 0.251 e. The summed E-state index contributed by atoms with van der Waals surface area (Å²) in [4.78, 5) is 12.3. The molecule has 5 heteroatoms. The Labute approximate surface area is 132 Å². The SMILES string of the molecule is O=C(NC1CCOc2ccc(Cl)cc21)c1ccc(Cl)cc1. The minimum absolute atomic E-state index is 0.101. The minimum atomic E-state index is -0.135. The van der Waals surface area contributed by atoms with Gasteiger partial charge in [0.25, 0.3) is 5.91 Å². The van der Waals surface area contributed by atoms with Crippen molar-refractivity contribution in [3.05, 3.63) is 63.6 Å². The fraction of sp³-hybridized carbons (Fsp3) is 0.188. The molecule has 0 saturated heterocycles. The van der Waals surface area contributed by atoms with E-state index < -0.39 is 0 Å². The molecule has 1 atom stereocenters. The van der Waals surface area contributed by atoms with E-state index in [9.17, 15) is 4.79 Å². The average Bonchev–Trinajstić information content (AvgIpc) is 2.48. The molecule has 1 unspecified atom stereocenters. The lowest BCUT2D eigenvalue weighted by molar-refractivity contribution is 0.0925. The molecule has 1 amide bonds. The number of halogens is 2. The van der Waals surface area contributed by atoms with Crippen LogP contribution in [0.4, 0.5) is 0 Å². The monoisotopic (exact) mass is 321 g/mol. The van der Waals surface area contributed by atoms with Gasteiger partial charge in [-0.25, -0.2) is 0 Å². The third kappa shape index (κ3) is 3.14. The molecule has 3 rings (SSSR count). The molecule has 0 aliphatic carbocycles. The highest BCUT2D eigenvalue weighted by atomic mass is 35.5. The topological polar surface area (TPSA) is 38.3 Å². The summed E-state index contributed by atoms with van der Waals surface area (Å²) in [6, 6.07) is 12.2.